The molecule has 0 fully saturated rings. The fourth-order valence-electron chi connectivity index (χ4n) is 1.72. The van der Waals surface area contributed by atoms with Gasteiger partial charge in [-0.3, -0.25) is 0 Å². The molecule has 0 saturated heterocycles. The summed E-state index contributed by atoms with van der Waals surface area (Å²) in [6.07, 6.45) is 0. The summed E-state index contributed by atoms with van der Waals surface area (Å²) in [7, 11) is 0. The third kappa shape index (κ3) is 4.69. The van der Waals surface area contributed by atoms with Crippen molar-refractivity contribution in [1.29, 1.82) is 0 Å². The summed E-state index contributed by atoms with van der Waals surface area (Å²) in [4.78, 5) is 0. The lowest BCUT2D eigenvalue weighted by atomic mass is 10.2. The molecule has 0 radical (unpaired) electrons. The molecule has 2 nitrogen and oxygen atoms in total. The van der Waals surface area contributed by atoms with Crippen LogP contribution in [-0.2, 0) is 13.2 Å². The minimum atomic E-state index is 0.597. The summed E-state index contributed by atoms with van der Waals surface area (Å²) < 4.78 is 6.84. The first kappa shape index (κ1) is 14.1. The second-order valence-electron chi connectivity index (χ2n) is 4.34. The zero-order valence-electron chi connectivity index (χ0n) is 11.0. The Labute approximate surface area is 122 Å². The van der Waals surface area contributed by atoms with E-state index in [1.807, 2.05) is 24.3 Å². The van der Waals surface area contributed by atoms with Crippen molar-refractivity contribution in [3.8, 4) is 5.75 Å². The molecule has 0 spiro atoms. The van der Waals surface area contributed by atoms with Crippen LogP contribution in [0.3, 0.4) is 0 Å². The highest BCUT2D eigenvalue weighted by molar-refractivity contribution is 9.10. The standard InChI is InChI=1S/C16H18BrNO/c1-2-18-11-13-5-9-16(10-6-13)19-12-14-3-7-15(17)8-4-14/h3-10,18H,2,11-12H2,1H3. The van der Waals surface area contributed by atoms with Crippen molar-refractivity contribution in [3.63, 3.8) is 0 Å². The normalized spacial score (nSPS) is 10.4. The lowest BCUT2D eigenvalue weighted by Crippen LogP contribution is -2.11. The van der Waals surface area contributed by atoms with E-state index in [4.69, 9.17) is 4.74 Å². The summed E-state index contributed by atoms with van der Waals surface area (Å²) >= 11 is 3.42. The molecule has 2 aromatic rings. The van der Waals surface area contributed by atoms with Gasteiger partial charge in [-0.25, -0.2) is 0 Å². The summed E-state index contributed by atoms with van der Waals surface area (Å²) in [5, 5.41) is 3.30. The van der Waals surface area contributed by atoms with E-state index in [9.17, 15) is 0 Å². The largest absolute Gasteiger partial charge is 0.489 e. The van der Waals surface area contributed by atoms with Gasteiger partial charge in [-0.2, -0.15) is 0 Å². The number of nitrogens with one attached hydrogen (secondary N) is 1. The van der Waals surface area contributed by atoms with E-state index < -0.39 is 0 Å². The SMILES string of the molecule is CCNCc1ccc(OCc2ccc(Br)cc2)cc1. The Bertz CT molecular complexity index is 493. The molecular formula is C16H18BrNO. The zero-order valence-corrected chi connectivity index (χ0v) is 12.6. The third-order valence-electron chi connectivity index (χ3n) is 2.82. The maximum absolute atomic E-state index is 5.76. The average molecular weight is 320 g/mol. The van der Waals surface area contributed by atoms with Gasteiger partial charge in [-0.05, 0) is 41.9 Å². The highest BCUT2D eigenvalue weighted by Gasteiger charge is 1.97. The fourth-order valence-corrected chi connectivity index (χ4v) is 1.98. The molecule has 0 aliphatic rings. The van der Waals surface area contributed by atoms with Gasteiger partial charge < -0.3 is 10.1 Å². The maximum atomic E-state index is 5.76. The first-order chi connectivity index (χ1) is 9.28. The molecule has 3 heteroatoms. The topological polar surface area (TPSA) is 21.3 Å². The molecule has 2 rings (SSSR count). The van der Waals surface area contributed by atoms with Crippen LogP contribution in [-0.4, -0.2) is 6.54 Å². The van der Waals surface area contributed by atoms with Gasteiger partial charge in [0.15, 0.2) is 0 Å². The molecule has 1 N–H and O–H groups in total. The van der Waals surface area contributed by atoms with E-state index in [0.29, 0.717) is 6.61 Å². The molecule has 0 amide bonds. The molecule has 19 heavy (non-hydrogen) atoms. The lowest BCUT2D eigenvalue weighted by molar-refractivity contribution is 0.306. The Morgan fingerprint density at radius 1 is 0.947 bits per heavy atom. The Kier molecular flexibility index (Phi) is 5.43. The minimum Gasteiger partial charge on any atom is -0.489 e. The van der Waals surface area contributed by atoms with Crippen molar-refractivity contribution in [3.05, 3.63) is 64.1 Å². The first-order valence-electron chi connectivity index (χ1n) is 6.45. The van der Waals surface area contributed by atoms with Crippen LogP contribution in [0.15, 0.2) is 53.0 Å². The van der Waals surface area contributed by atoms with Crippen molar-refractivity contribution in [2.24, 2.45) is 0 Å². The second kappa shape index (κ2) is 7.31. The van der Waals surface area contributed by atoms with Crippen molar-refractivity contribution >= 4 is 15.9 Å². The molecule has 2 aromatic carbocycles. The molecular weight excluding hydrogens is 302 g/mol. The van der Waals surface area contributed by atoms with Gasteiger partial charge in [-0.1, -0.05) is 47.1 Å². The number of benzene rings is 2. The monoisotopic (exact) mass is 319 g/mol. The average Bonchev–Trinajstić information content (AvgIpc) is 2.46. The lowest BCUT2D eigenvalue weighted by Gasteiger charge is -2.08. The first-order valence-corrected chi connectivity index (χ1v) is 7.24. The number of hydrogen-bond donors (Lipinski definition) is 1. The smallest absolute Gasteiger partial charge is 0.119 e. The predicted molar refractivity (Wildman–Crippen MR) is 82.3 cm³/mol. The number of hydrogen-bond acceptors (Lipinski definition) is 2. The van der Waals surface area contributed by atoms with Crippen LogP contribution in [0.1, 0.15) is 18.1 Å². The molecule has 0 bridgehead atoms. The van der Waals surface area contributed by atoms with Crippen LogP contribution < -0.4 is 10.1 Å². The minimum absolute atomic E-state index is 0.597. The molecule has 0 aliphatic carbocycles. The van der Waals surface area contributed by atoms with Gasteiger partial charge in [0.05, 0.1) is 0 Å². The van der Waals surface area contributed by atoms with E-state index in [0.717, 1.165) is 23.3 Å². The Morgan fingerprint density at radius 3 is 2.21 bits per heavy atom. The van der Waals surface area contributed by atoms with Crippen LogP contribution >= 0.6 is 15.9 Å². The van der Waals surface area contributed by atoms with Crippen molar-refractivity contribution in [1.82, 2.24) is 5.32 Å². The third-order valence-corrected chi connectivity index (χ3v) is 3.35. The van der Waals surface area contributed by atoms with Crippen molar-refractivity contribution in [2.45, 2.75) is 20.1 Å². The highest BCUT2D eigenvalue weighted by atomic mass is 79.9. The highest BCUT2D eigenvalue weighted by Crippen LogP contribution is 2.15. The quantitative estimate of drug-likeness (QED) is 0.864. The molecule has 0 aliphatic heterocycles. The van der Waals surface area contributed by atoms with Crippen LogP contribution in [0.25, 0.3) is 0 Å². The molecule has 100 valence electrons. The molecule has 0 unspecified atom stereocenters. The van der Waals surface area contributed by atoms with Crippen LogP contribution in [0.2, 0.25) is 0 Å². The molecule has 0 atom stereocenters. The van der Waals surface area contributed by atoms with Gasteiger partial charge in [0.1, 0.15) is 12.4 Å². The number of halogens is 1. The van der Waals surface area contributed by atoms with E-state index in [2.05, 4.69) is 52.4 Å². The van der Waals surface area contributed by atoms with Gasteiger partial charge in [0.25, 0.3) is 0 Å². The van der Waals surface area contributed by atoms with Crippen molar-refractivity contribution in [2.75, 3.05) is 6.54 Å². The zero-order chi connectivity index (χ0) is 13.5. The number of ether oxygens (including phenoxy) is 1. The molecule has 0 aromatic heterocycles. The van der Waals surface area contributed by atoms with E-state index in [1.54, 1.807) is 0 Å². The van der Waals surface area contributed by atoms with Gasteiger partial charge in [0.2, 0.25) is 0 Å². The molecule has 0 heterocycles. The predicted octanol–water partition coefficient (Wildman–Crippen LogP) is 4.14. The Hall–Kier alpha value is -1.32. The Morgan fingerprint density at radius 2 is 1.58 bits per heavy atom. The molecule has 0 saturated carbocycles. The summed E-state index contributed by atoms with van der Waals surface area (Å²) in [5.41, 5.74) is 2.44. The van der Waals surface area contributed by atoms with Crippen LogP contribution in [0.4, 0.5) is 0 Å². The number of rotatable bonds is 6. The fraction of sp³-hybridized carbons (Fsp3) is 0.250. The summed E-state index contributed by atoms with van der Waals surface area (Å²) in [5.74, 6) is 0.906. The van der Waals surface area contributed by atoms with Gasteiger partial charge in [0, 0.05) is 11.0 Å². The van der Waals surface area contributed by atoms with Crippen molar-refractivity contribution < 1.29 is 4.74 Å². The van der Waals surface area contributed by atoms with Gasteiger partial charge in [-0.15, -0.1) is 0 Å². The second-order valence-corrected chi connectivity index (χ2v) is 5.26. The van der Waals surface area contributed by atoms with E-state index >= 15 is 0 Å². The Balaban J connectivity index is 1.87. The van der Waals surface area contributed by atoms with Crippen LogP contribution in [0.5, 0.6) is 5.75 Å². The maximum Gasteiger partial charge on any atom is 0.119 e. The van der Waals surface area contributed by atoms with Crippen LogP contribution in [0, 0.1) is 0 Å². The van der Waals surface area contributed by atoms with E-state index in [-0.39, 0.29) is 0 Å². The van der Waals surface area contributed by atoms with E-state index in [1.165, 1.54) is 11.1 Å². The van der Waals surface area contributed by atoms with Gasteiger partial charge >= 0.3 is 0 Å². The summed E-state index contributed by atoms with van der Waals surface area (Å²) in [6, 6.07) is 16.4. The summed E-state index contributed by atoms with van der Waals surface area (Å²) in [6.45, 7) is 4.60.